The quantitative estimate of drug-likeness (QED) is 0.507. The predicted octanol–water partition coefficient (Wildman–Crippen LogP) is 3.29. The molecule has 0 saturated carbocycles. The third-order valence-corrected chi connectivity index (χ3v) is 5.37. The van der Waals surface area contributed by atoms with Crippen LogP contribution in [0.3, 0.4) is 0 Å². The first-order chi connectivity index (χ1) is 14.0. The Balaban J connectivity index is 1.21. The molecule has 2 heterocycles. The molecule has 6 nitrogen and oxygen atoms in total. The Bertz CT molecular complexity index is 813. The number of hydrogen-bond donors (Lipinski definition) is 0. The molecule has 0 fully saturated rings. The molecule has 6 heteroatoms. The second kappa shape index (κ2) is 8.15. The summed E-state index contributed by atoms with van der Waals surface area (Å²) >= 11 is 0. The SMILES string of the molecule is CC1=CC(=O)O[C@@H]2C=C(OCCCOC3=C[C@H]4OC(=O)C=C(C)[C@@H]4C=C3)C=C[C@@H]12. The van der Waals surface area contributed by atoms with E-state index < -0.39 is 0 Å². The Morgan fingerprint density at radius 1 is 0.793 bits per heavy atom. The fraction of sp³-hybridized carbons (Fsp3) is 0.391. The molecule has 4 aliphatic rings. The second-order valence-electron chi connectivity index (χ2n) is 7.54. The summed E-state index contributed by atoms with van der Waals surface area (Å²) in [5.41, 5.74) is 1.99. The number of fused-ring (bicyclic) bond motifs is 2. The Morgan fingerprint density at radius 3 is 1.69 bits per heavy atom. The van der Waals surface area contributed by atoms with E-state index in [2.05, 4.69) is 0 Å². The maximum Gasteiger partial charge on any atom is 0.331 e. The fourth-order valence-corrected chi connectivity index (χ4v) is 3.83. The van der Waals surface area contributed by atoms with Crippen LogP contribution in [0.2, 0.25) is 0 Å². The van der Waals surface area contributed by atoms with Crippen molar-refractivity contribution in [1.29, 1.82) is 0 Å². The van der Waals surface area contributed by atoms with E-state index in [1.54, 1.807) is 0 Å². The predicted molar refractivity (Wildman–Crippen MR) is 105 cm³/mol. The van der Waals surface area contributed by atoms with Crippen molar-refractivity contribution in [2.45, 2.75) is 32.5 Å². The molecule has 0 saturated heterocycles. The molecule has 4 atom stereocenters. The van der Waals surface area contributed by atoms with Gasteiger partial charge in [0.15, 0.2) is 0 Å². The van der Waals surface area contributed by atoms with Crippen LogP contribution in [-0.4, -0.2) is 37.4 Å². The lowest BCUT2D eigenvalue weighted by atomic mass is 9.88. The zero-order chi connectivity index (χ0) is 20.4. The summed E-state index contributed by atoms with van der Waals surface area (Å²) in [7, 11) is 0. The molecule has 29 heavy (non-hydrogen) atoms. The number of carbonyl (C=O) groups is 2. The average molecular weight is 396 g/mol. The number of allylic oxidation sites excluding steroid dienone is 2. The minimum absolute atomic E-state index is 0.0876. The number of carbonyl (C=O) groups excluding carboxylic acids is 2. The number of esters is 2. The largest absolute Gasteiger partial charge is 0.494 e. The van der Waals surface area contributed by atoms with E-state index in [0.29, 0.717) is 31.2 Å². The number of hydrogen-bond acceptors (Lipinski definition) is 6. The first-order valence-electron chi connectivity index (χ1n) is 9.83. The van der Waals surface area contributed by atoms with Crippen molar-refractivity contribution in [2.24, 2.45) is 11.8 Å². The Labute approximate surface area is 169 Å². The van der Waals surface area contributed by atoms with Gasteiger partial charge >= 0.3 is 11.9 Å². The van der Waals surface area contributed by atoms with Crippen LogP contribution in [0.15, 0.2) is 71.3 Å². The number of ether oxygens (including phenoxy) is 4. The highest BCUT2D eigenvalue weighted by molar-refractivity contribution is 5.85. The normalized spacial score (nSPS) is 30.0. The van der Waals surface area contributed by atoms with Crippen molar-refractivity contribution in [3.05, 3.63) is 71.3 Å². The summed E-state index contributed by atoms with van der Waals surface area (Å²) in [6, 6.07) is 0. The molecule has 4 rings (SSSR count). The van der Waals surface area contributed by atoms with Gasteiger partial charge in [0.1, 0.15) is 23.7 Å². The van der Waals surface area contributed by atoms with Gasteiger partial charge in [-0.3, -0.25) is 0 Å². The molecule has 0 radical (unpaired) electrons. The summed E-state index contributed by atoms with van der Waals surface area (Å²) in [6.45, 7) is 4.83. The molecular formula is C23H24O6. The highest BCUT2D eigenvalue weighted by Crippen LogP contribution is 2.31. The molecule has 152 valence electrons. The lowest BCUT2D eigenvalue weighted by Gasteiger charge is -2.29. The summed E-state index contributed by atoms with van der Waals surface area (Å²) in [6.07, 6.45) is 14.7. The first-order valence-corrected chi connectivity index (χ1v) is 9.83. The van der Waals surface area contributed by atoms with E-state index in [1.807, 2.05) is 50.3 Å². The molecule has 2 aliphatic carbocycles. The minimum atomic E-state index is -0.312. The van der Waals surface area contributed by atoms with Gasteiger partial charge in [-0.2, -0.15) is 0 Å². The molecule has 0 spiro atoms. The molecule has 0 aromatic rings. The van der Waals surface area contributed by atoms with E-state index >= 15 is 0 Å². The van der Waals surface area contributed by atoms with Gasteiger partial charge in [0.05, 0.1) is 13.2 Å². The summed E-state index contributed by atoms with van der Waals surface area (Å²) in [5.74, 6) is 0.950. The van der Waals surface area contributed by atoms with Gasteiger partial charge in [-0.15, -0.1) is 0 Å². The molecule has 0 bridgehead atoms. The molecule has 0 aromatic heterocycles. The van der Waals surface area contributed by atoms with E-state index in [0.717, 1.165) is 11.1 Å². The first kappa shape index (κ1) is 19.3. The van der Waals surface area contributed by atoms with Gasteiger partial charge < -0.3 is 18.9 Å². The molecule has 2 aliphatic heterocycles. The van der Waals surface area contributed by atoms with Crippen molar-refractivity contribution in [2.75, 3.05) is 13.2 Å². The number of rotatable bonds is 6. The van der Waals surface area contributed by atoms with Crippen molar-refractivity contribution in [3.63, 3.8) is 0 Å². The monoisotopic (exact) mass is 396 g/mol. The fourth-order valence-electron chi connectivity index (χ4n) is 3.83. The van der Waals surface area contributed by atoms with Crippen LogP contribution in [-0.2, 0) is 28.5 Å². The van der Waals surface area contributed by atoms with E-state index in [1.165, 1.54) is 12.2 Å². The van der Waals surface area contributed by atoms with Crippen molar-refractivity contribution < 1.29 is 28.5 Å². The highest BCUT2D eigenvalue weighted by atomic mass is 16.6. The molecule has 0 unspecified atom stereocenters. The summed E-state index contributed by atoms with van der Waals surface area (Å²) < 4.78 is 22.3. The minimum Gasteiger partial charge on any atom is -0.494 e. The van der Waals surface area contributed by atoms with Gasteiger partial charge in [-0.05, 0) is 38.2 Å². The summed E-state index contributed by atoms with van der Waals surface area (Å²) in [4.78, 5) is 23.1. The van der Waals surface area contributed by atoms with Crippen LogP contribution in [0.1, 0.15) is 20.3 Å². The van der Waals surface area contributed by atoms with Gasteiger partial charge in [-0.1, -0.05) is 23.3 Å². The van der Waals surface area contributed by atoms with Gasteiger partial charge in [0, 0.05) is 30.4 Å². The maximum absolute atomic E-state index is 11.6. The van der Waals surface area contributed by atoms with E-state index in [-0.39, 0.29) is 36.0 Å². The standard InChI is InChI=1S/C23H24O6/c1-14-10-22(24)28-20-12-16(4-6-18(14)20)26-8-3-9-27-17-5-7-19-15(2)11-23(25)29-21(19)13-17/h4-7,10-13,18-21H,3,8-9H2,1-2H3/t18-,19-,20+,21+/m0/s1. The third-order valence-electron chi connectivity index (χ3n) is 5.37. The Hall–Kier alpha value is -3.02. The van der Waals surface area contributed by atoms with Crippen LogP contribution in [0.25, 0.3) is 0 Å². The van der Waals surface area contributed by atoms with Crippen molar-refractivity contribution >= 4 is 11.9 Å². The lowest BCUT2D eigenvalue weighted by Crippen LogP contribution is -2.31. The van der Waals surface area contributed by atoms with Gasteiger partial charge in [0.25, 0.3) is 0 Å². The van der Waals surface area contributed by atoms with E-state index in [9.17, 15) is 9.59 Å². The van der Waals surface area contributed by atoms with Crippen LogP contribution in [0.5, 0.6) is 0 Å². The smallest absolute Gasteiger partial charge is 0.331 e. The van der Waals surface area contributed by atoms with E-state index in [4.69, 9.17) is 18.9 Å². The molecule has 0 aromatic carbocycles. The van der Waals surface area contributed by atoms with Crippen LogP contribution >= 0.6 is 0 Å². The van der Waals surface area contributed by atoms with Gasteiger partial charge in [-0.25, -0.2) is 9.59 Å². The lowest BCUT2D eigenvalue weighted by molar-refractivity contribution is -0.144. The topological polar surface area (TPSA) is 71.1 Å². The molecule has 0 N–H and O–H groups in total. The zero-order valence-electron chi connectivity index (χ0n) is 16.5. The third kappa shape index (κ3) is 4.36. The Morgan fingerprint density at radius 2 is 1.24 bits per heavy atom. The van der Waals surface area contributed by atoms with Crippen LogP contribution < -0.4 is 0 Å². The zero-order valence-corrected chi connectivity index (χ0v) is 16.5. The highest BCUT2D eigenvalue weighted by Gasteiger charge is 2.31. The molecular weight excluding hydrogens is 372 g/mol. The van der Waals surface area contributed by atoms with Crippen molar-refractivity contribution in [1.82, 2.24) is 0 Å². The Kier molecular flexibility index (Phi) is 5.43. The van der Waals surface area contributed by atoms with Crippen LogP contribution in [0.4, 0.5) is 0 Å². The summed E-state index contributed by atoms with van der Waals surface area (Å²) in [5, 5.41) is 0. The molecule has 0 amide bonds. The van der Waals surface area contributed by atoms with Crippen LogP contribution in [0, 0.1) is 11.8 Å². The van der Waals surface area contributed by atoms with Gasteiger partial charge in [0.2, 0.25) is 0 Å². The average Bonchev–Trinajstić information content (AvgIpc) is 2.67. The maximum atomic E-state index is 11.6. The van der Waals surface area contributed by atoms with Crippen molar-refractivity contribution in [3.8, 4) is 0 Å². The second-order valence-corrected chi connectivity index (χ2v) is 7.54.